The molecule has 0 aliphatic heterocycles. The number of fused-ring (bicyclic) bond motifs is 1. The molecule has 4 nitrogen and oxygen atoms in total. The van der Waals surface area contributed by atoms with Gasteiger partial charge in [-0.3, -0.25) is 4.79 Å². The van der Waals surface area contributed by atoms with Crippen LogP contribution in [0, 0.1) is 0 Å². The summed E-state index contributed by atoms with van der Waals surface area (Å²) in [6.45, 7) is 0. The topological polar surface area (TPSA) is 54.9 Å². The third kappa shape index (κ3) is 3.09. The van der Waals surface area contributed by atoms with Crippen molar-refractivity contribution < 1.29 is 4.79 Å². The number of carbonyl (C=O) groups is 1. The number of nitrogens with one attached hydrogen (secondary N) is 1. The fourth-order valence-corrected chi connectivity index (χ4v) is 3.10. The summed E-state index contributed by atoms with van der Waals surface area (Å²) in [5.41, 5.74) is 1.81. The number of benzene rings is 2. The highest BCUT2D eigenvalue weighted by molar-refractivity contribution is 7.98. The van der Waals surface area contributed by atoms with Crippen molar-refractivity contribution >= 4 is 28.4 Å². The van der Waals surface area contributed by atoms with E-state index >= 15 is 0 Å². The molecule has 0 radical (unpaired) electrons. The second-order valence-corrected chi connectivity index (χ2v) is 5.77. The summed E-state index contributed by atoms with van der Waals surface area (Å²) < 4.78 is 0. The maximum Gasteiger partial charge on any atom is 0.251 e. The molecule has 22 heavy (non-hydrogen) atoms. The molecule has 0 spiro atoms. The summed E-state index contributed by atoms with van der Waals surface area (Å²) in [5.74, 6) is 0.718. The SMILES string of the molecule is CNC(=O)c1ccc(CSc2nncc3ccccc23)cc1. The average Bonchev–Trinajstić information content (AvgIpc) is 2.59. The van der Waals surface area contributed by atoms with Gasteiger partial charge in [-0.2, -0.15) is 5.10 Å². The molecule has 3 rings (SSSR count). The van der Waals surface area contributed by atoms with Crippen LogP contribution in [-0.4, -0.2) is 23.2 Å². The van der Waals surface area contributed by atoms with Crippen LogP contribution < -0.4 is 5.32 Å². The van der Waals surface area contributed by atoms with Crippen molar-refractivity contribution in [3.05, 3.63) is 65.9 Å². The highest BCUT2D eigenvalue weighted by Gasteiger charge is 2.06. The van der Waals surface area contributed by atoms with Crippen LogP contribution in [0.2, 0.25) is 0 Å². The number of hydrogen-bond acceptors (Lipinski definition) is 4. The third-order valence-corrected chi connectivity index (χ3v) is 4.41. The van der Waals surface area contributed by atoms with Crippen molar-refractivity contribution in [2.24, 2.45) is 0 Å². The Balaban J connectivity index is 1.75. The van der Waals surface area contributed by atoms with E-state index in [4.69, 9.17) is 0 Å². The minimum atomic E-state index is -0.0703. The number of thioether (sulfide) groups is 1. The molecule has 0 bridgehead atoms. The van der Waals surface area contributed by atoms with Crippen LogP contribution in [0.1, 0.15) is 15.9 Å². The zero-order valence-corrected chi connectivity index (χ0v) is 12.9. The maximum absolute atomic E-state index is 11.5. The second kappa shape index (κ2) is 6.58. The summed E-state index contributed by atoms with van der Waals surface area (Å²) in [7, 11) is 1.63. The van der Waals surface area contributed by atoms with Crippen molar-refractivity contribution in [1.29, 1.82) is 0 Å². The molecule has 1 amide bonds. The van der Waals surface area contributed by atoms with E-state index in [0.29, 0.717) is 5.56 Å². The van der Waals surface area contributed by atoms with Gasteiger partial charge in [0.15, 0.2) is 0 Å². The van der Waals surface area contributed by atoms with Gasteiger partial charge in [-0.05, 0) is 17.7 Å². The number of amides is 1. The van der Waals surface area contributed by atoms with Crippen molar-refractivity contribution in [3.63, 3.8) is 0 Å². The standard InChI is InChI=1S/C17H15N3OS/c1-18-16(21)13-8-6-12(7-9-13)11-22-17-15-5-3-2-4-14(15)10-19-20-17/h2-10H,11H2,1H3,(H,18,21). The molecule has 1 aromatic heterocycles. The monoisotopic (exact) mass is 309 g/mol. The molecular formula is C17H15N3OS. The molecule has 0 unspecified atom stereocenters. The Morgan fingerprint density at radius 3 is 2.68 bits per heavy atom. The Hall–Kier alpha value is -2.40. The van der Waals surface area contributed by atoms with Crippen LogP contribution in [0.4, 0.5) is 0 Å². The highest BCUT2D eigenvalue weighted by atomic mass is 32.2. The largest absolute Gasteiger partial charge is 0.355 e. The third-order valence-electron chi connectivity index (χ3n) is 3.36. The number of nitrogens with zero attached hydrogens (tertiary/aromatic N) is 2. The van der Waals surface area contributed by atoms with Crippen LogP contribution in [-0.2, 0) is 5.75 Å². The molecule has 0 atom stereocenters. The molecule has 0 fully saturated rings. The lowest BCUT2D eigenvalue weighted by molar-refractivity contribution is 0.0963. The first-order chi connectivity index (χ1) is 10.8. The van der Waals surface area contributed by atoms with Gasteiger partial charge in [0.25, 0.3) is 5.91 Å². The quantitative estimate of drug-likeness (QED) is 0.751. The predicted molar refractivity (Wildman–Crippen MR) is 88.9 cm³/mol. The van der Waals surface area contributed by atoms with Crippen LogP contribution in [0.25, 0.3) is 10.8 Å². The molecule has 1 N–H and O–H groups in total. The Morgan fingerprint density at radius 2 is 1.91 bits per heavy atom. The first-order valence-corrected chi connectivity index (χ1v) is 7.91. The van der Waals surface area contributed by atoms with Crippen LogP contribution in [0.15, 0.2) is 59.8 Å². The minimum Gasteiger partial charge on any atom is -0.355 e. The fraction of sp³-hybridized carbons (Fsp3) is 0.118. The summed E-state index contributed by atoms with van der Waals surface area (Å²) in [6, 6.07) is 15.7. The molecule has 0 aliphatic rings. The van der Waals surface area contributed by atoms with E-state index in [0.717, 1.165) is 27.1 Å². The van der Waals surface area contributed by atoms with E-state index < -0.39 is 0 Å². The molecule has 1 heterocycles. The van der Waals surface area contributed by atoms with Gasteiger partial charge >= 0.3 is 0 Å². The molecule has 0 saturated heterocycles. The molecule has 5 heteroatoms. The smallest absolute Gasteiger partial charge is 0.251 e. The first kappa shape index (κ1) is 14.5. The van der Waals surface area contributed by atoms with Gasteiger partial charge in [0, 0.05) is 29.1 Å². The van der Waals surface area contributed by atoms with Gasteiger partial charge < -0.3 is 5.32 Å². The number of hydrogen-bond donors (Lipinski definition) is 1. The summed E-state index contributed by atoms with van der Waals surface area (Å²) >= 11 is 1.65. The minimum absolute atomic E-state index is 0.0703. The molecule has 0 aliphatic carbocycles. The first-order valence-electron chi connectivity index (χ1n) is 6.92. The Bertz CT molecular complexity index is 797. The Labute approximate surface area is 133 Å². The van der Waals surface area contributed by atoms with Crippen molar-refractivity contribution in [3.8, 4) is 0 Å². The molecule has 110 valence electrons. The maximum atomic E-state index is 11.5. The number of aromatic nitrogens is 2. The zero-order valence-electron chi connectivity index (χ0n) is 12.1. The number of carbonyl (C=O) groups excluding carboxylic acids is 1. The van der Waals surface area contributed by atoms with E-state index in [1.807, 2.05) is 42.5 Å². The summed E-state index contributed by atoms with van der Waals surface area (Å²) in [4.78, 5) is 11.5. The van der Waals surface area contributed by atoms with Crippen molar-refractivity contribution in [2.75, 3.05) is 7.05 Å². The van der Waals surface area contributed by atoms with Gasteiger partial charge in [-0.25, -0.2) is 0 Å². The van der Waals surface area contributed by atoms with Crippen LogP contribution >= 0.6 is 11.8 Å². The van der Waals surface area contributed by atoms with Crippen LogP contribution in [0.5, 0.6) is 0 Å². The van der Waals surface area contributed by atoms with Crippen molar-refractivity contribution in [1.82, 2.24) is 15.5 Å². The van der Waals surface area contributed by atoms with Gasteiger partial charge in [-0.1, -0.05) is 48.2 Å². The normalized spacial score (nSPS) is 10.6. The van der Waals surface area contributed by atoms with Gasteiger partial charge in [0.2, 0.25) is 0 Å². The van der Waals surface area contributed by atoms with E-state index in [-0.39, 0.29) is 5.91 Å². The molecular weight excluding hydrogens is 294 g/mol. The number of rotatable bonds is 4. The lowest BCUT2D eigenvalue weighted by atomic mass is 10.1. The Kier molecular flexibility index (Phi) is 4.34. The van der Waals surface area contributed by atoms with Crippen molar-refractivity contribution in [2.45, 2.75) is 10.8 Å². The van der Waals surface area contributed by atoms with Gasteiger partial charge in [-0.15, -0.1) is 5.10 Å². The second-order valence-electron chi connectivity index (χ2n) is 4.80. The van der Waals surface area contributed by atoms with Gasteiger partial charge in [0.1, 0.15) is 5.03 Å². The Morgan fingerprint density at radius 1 is 1.14 bits per heavy atom. The average molecular weight is 309 g/mol. The van der Waals surface area contributed by atoms with E-state index in [2.05, 4.69) is 21.6 Å². The van der Waals surface area contributed by atoms with E-state index in [9.17, 15) is 4.79 Å². The predicted octanol–water partition coefficient (Wildman–Crippen LogP) is 3.28. The lowest BCUT2D eigenvalue weighted by Crippen LogP contribution is -2.17. The molecule has 2 aromatic carbocycles. The zero-order chi connectivity index (χ0) is 15.4. The van der Waals surface area contributed by atoms with E-state index in [1.165, 1.54) is 0 Å². The summed E-state index contributed by atoms with van der Waals surface area (Å²) in [5, 5.41) is 14.0. The van der Waals surface area contributed by atoms with Crippen LogP contribution in [0.3, 0.4) is 0 Å². The highest BCUT2D eigenvalue weighted by Crippen LogP contribution is 2.27. The lowest BCUT2D eigenvalue weighted by Gasteiger charge is -2.05. The molecule has 0 saturated carbocycles. The molecule has 3 aromatic rings. The fourth-order valence-electron chi connectivity index (χ4n) is 2.16. The van der Waals surface area contributed by atoms with E-state index in [1.54, 1.807) is 25.0 Å². The van der Waals surface area contributed by atoms with Gasteiger partial charge in [0.05, 0.1) is 6.20 Å². The summed E-state index contributed by atoms with van der Waals surface area (Å²) in [6.07, 6.45) is 1.78.